The summed E-state index contributed by atoms with van der Waals surface area (Å²) in [4.78, 5) is 0. The van der Waals surface area contributed by atoms with Gasteiger partial charge in [-0.15, -0.1) is 0 Å². The van der Waals surface area contributed by atoms with Gasteiger partial charge in [-0.3, -0.25) is 0 Å². The molecule has 0 atom stereocenters. The van der Waals surface area contributed by atoms with Crippen LogP contribution in [0.3, 0.4) is 0 Å². The molecule has 0 spiro atoms. The molecular weight excluding hydrogens is 709 g/mol. The van der Waals surface area contributed by atoms with Crippen LogP contribution in [-0.4, -0.2) is 31.7 Å². The number of thiocarbonyl (C=S) groups is 2. The zero-order valence-electron chi connectivity index (χ0n) is 27.7. The quantitative estimate of drug-likeness (QED) is 0.100. The average Bonchev–Trinajstić information content (AvgIpc) is 3.15. The fraction of sp³-hybridized carbons (Fsp3) is 0.0455. The summed E-state index contributed by atoms with van der Waals surface area (Å²) in [5, 5.41) is 16.4. The van der Waals surface area contributed by atoms with Gasteiger partial charge in [-0.05, 0) is 65.3 Å². The van der Waals surface area contributed by atoms with Crippen molar-refractivity contribution in [3.63, 3.8) is 0 Å². The van der Waals surface area contributed by atoms with Gasteiger partial charge in [0.25, 0.3) is 0 Å². The van der Waals surface area contributed by atoms with Gasteiger partial charge in [0.15, 0.2) is 0 Å². The van der Waals surface area contributed by atoms with Crippen molar-refractivity contribution in [2.45, 2.75) is 12.1 Å². The van der Waals surface area contributed by atoms with Gasteiger partial charge in [0.05, 0.1) is 12.1 Å². The number of hydrogen-bond acceptors (Lipinski definition) is 4. The number of fused-ring (bicyclic) bond motifs is 4. The molecule has 8 aromatic rings. The third kappa shape index (κ3) is 8.15. The average molecular weight is 741 g/mol. The van der Waals surface area contributed by atoms with Crippen LogP contribution in [0.1, 0.15) is 34.3 Å². The molecule has 0 aliphatic rings. The largest absolute Gasteiger partial charge is 2.00 e. The fourth-order valence-corrected chi connectivity index (χ4v) is 7.36. The Kier molecular flexibility index (Phi) is 12.1. The second-order valence-corrected chi connectivity index (χ2v) is 14.2. The van der Waals surface area contributed by atoms with Gasteiger partial charge in [0.2, 0.25) is 0 Å². The first kappa shape index (κ1) is 36.6. The summed E-state index contributed by atoms with van der Waals surface area (Å²) in [6, 6.07) is 58.9. The van der Waals surface area contributed by atoms with Crippen molar-refractivity contribution in [1.29, 1.82) is 0 Å². The molecule has 8 aromatic carbocycles. The van der Waals surface area contributed by atoms with E-state index in [4.69, 9.17) is 49.7 Å². The maximum atomic E-state index is 5.22. The van der Waals surface area contributed by atoms with Crippen LogP contribution >= 0.6 is 24.4 Å². The van der Waals surface area contributed by atoms with Crippen molar-refractivity contribution in [3.05, 3.63) is 192 Å². The summed E-state index contributed by atoms with van der Waals surface area (Å²) in [5.74, 6) is 0. The molecule has 244 valence electrons. The van der Waals surface area contributed by atoms with E-state index in [1.807, 2.05) is 0 Å². The Bertz CT molecular complexity index is 2150. The van der Waals surface area contributed by atoms with E-state index in [-0.39, 0.29) is 35.1 Å². The Morgan fingerprint density at radius 3 is 0.804 bits per heavy atom. The number of hydrogen-bond donors (Lipinski definition) is 2. The van der Waals surface area contributed by atoms with Crippen LogP contribution in [0.25, 0.3) is 43.1 Å². The Morgan fingerprint density at radius 1 is 0.353 bits per heavy atom. The molecule has 0 amide bonds. The number of rotatable bonds is 6. The molecule has 0 heterocycles. The molecule has 8 rings (SSSR count). The van der Waals surface area contributed by atoms with E-state index in [0.717, 1.165) is 0 Å². The number of nitrogens with one attached hydrogen (secondary N) is 2. The molecule has 0 fully saturated rings. The summed E-state index contributed by atoms with van der Waals surface area (Å²) in [5.41, 5.74) is 4.73. The van der Waals surface area contributed by atoms with E-state index >= 15 is 0 Å². The van der Waals surface area contributed by atoms with Gasteiger partial charge in [-0.1, -0.05) is 178 Å². The van der Waals surface area contributed by atoms with E-state index in [1.54, 1.807) is 0 Å². The molecule has 0 aromatic heterocycles. The third-order valence-electron chi connectivity index (χ3n) is 9.06. The van der Waals surface area contributed by atoms with Crippen LogP contribution in [0.5, 0.6) is 0 Å². The normalized spacial score (nSPS) is 10.9. The first-order chi connectivity index (χ1) is 24.5. The van der Waals surface area contributed by atoms with Crippen molar-refractivity contribution in [2.24, 2.45) is 0 Å². The van der Waals surface area contributed by atoms with Gasteiger partial charge >= 0.3 is 23.1 Å². The van der Waals surface area contributed by atoms with E-state index < -0.39 is 0 Å². The summed E-state index contributed by atoms with van der Waals surface area (Å²) in [7, 11) is 0. The SMILES string of the molecule is S=C([S-])NC(c1cccc2ccccc12)c1cccc2ccccc12.S=C([S-])NC(c1cccc2ccccc12)c1cccc2ccccc12.[Mg+2]. The van der Waals surface area contributed by atoms with Crippen molar-refractivity contribution >= 4 is 124 Å². The minimum atomic E-state index is -0.0813. The summed E-state index contributed by atoms with van der Waals surface area (Å²) in [6.07, 6.45) is 0. The van der Waals surface area contributed by atoms with Gasteiger partial charge in [0, 0.05) is 0 Å². The predicted molar refractivity (Wildman–Crippen MR) is 231 cm³/mol. The molecule has 2 nitrogen and oxygen atoms in total. The molecule has 7 heteroatoms. The molecule has 0 bridgehead atoms. The van der Waals surface area contributed by atoms with Crippen LogP contribution in [0, 0.1) is 0 Å². The number of benzene rings is 8. The topological polar surface area (TPSA) is 24.1 Å². The molecule has 0 aliphatic heterocycles. The fourth-order valence-electron chi connectivity index (χ4n) is 6.89. The molecule has 0 saturated heterocycles. The van der Waals surface area contributed by atoms with Crippen LogP contribution in [-0.2, 0) is 25.3 Å². The smallest absolute Gasteiger partial charge is 0.412 e. The third-order valence-corrected chi connectivity index (χ3v) is 9.53. The Morgan fingerprint density at radius 2 is 0.569 bits per heavy atom. The van der Waals surface area contributed by atoms with Crippen LogP contribution in [0.2, 0.25) is 0 Å². The molecule has 0 radical (unpaired) electrons. The molecule has 0 saturated carbocycles. The van der Waals surface area contributed by atoms with Gasteiger partial charge in [-0.25, -0.2) is 0 Å². The zero-order valence-corrected chi connectivity index (χ0v) is 32.3. The maximum Gasteiger partial charge on any atom is 2.00 e. The Hall–Kier alpha value is -4.21. The van der Waals surface area contributed by atoms with Crippen LogP contribution in [0.4, 0.5) is 0 Å². The van der Waals surface area contributed by atoms with Gasteiger partial charge < -0.3 is 60.3 Å². The van der Waals surface area contributed by atoms with Crippen molar-refractivity contribution in [1.82, 2.24) is 10.6 Å². The van der Waals surface area contributed by atoms with E-state index in [1.165, 1.54) is 65.3 Å². The maximum absolute atomic E-state index is 5.22. The van der Waals surface area contributed by atoms with E-state index in [9.17, 15) is 0 Å². The van der Waals surface area contributed by atoms with E-state index in [2.05, 4.69) is 180 Å². The van der Waals surface area contributed by atoms with Crippen molar-refractivity contribution in [3.8, 4) is 0 Å². The molecule has 2 N–H and O–H groups in total. The molecule has 0 unspecified atom stereocenters. The first-order valence-electron chi connectivity index (χ1n) is 16.3. The van der Waals surface area contributed by atoms with Crippen LogP contribution < -0.4 is 10.6 Å². The minimum absolute atomic E-state index is 0. The summed E-state index contributed by atoms with van der Waals surface area (Å²) < 4.78 is 0.761. The van der Waals surface area contributed by atoms with Crippen molar-refractivity contribution < 1.29 is 0 Å². The van der Waals surface area contributed by atoms with Crippen molar-refractivity contribution in [2.75, 3.05) is 0 Å². The summed E-state index contributed by atoms with van der Waals surface area (Å²) in [6.45, 7) is 0. The van der Waals surface area contributed by atoms with Gasteiger partial charge in [0.1, 0.15) is 0 Å². The Labute approximate surface area is 336 Å². The molecule has 0 aliphatic carbocycles. The summed E-state index contributed by atoms with van der Waals surface area (Å²) >= 11 is 20.9. The second-order valence-electron chi connectivity index (χ2n) is 12.0. The predicted octanol–water partition coefficient (Wildman–Crippen LogP) is 10.6. The minimum Gasteiger partial charge on any atom is -0.412 e. The van der Waals surface area contributed by atoms with Gasteiger partial charge in [-0.2, -0.15) is 0 Å². The monoisotopic (exact) mass is 740 g/mol. The van der Waals surface area contributed by atoms with E-state index in [0.29, 0.717) is 8.64 Å². The molecule has 51 heavy (non-hydrogen) atoms. The molecular formula is C44H32MgN2S4. The standard InChI is InChI=1S/2C22H17NS2.Mg/c2*24-22(25)23-21(19-13-5-9-15-7-1-3-11-17(15)19)20-14-6-10-16-8-2-4-12-18(16)20;/h2*1-14,21H,(H2,23,24,25);/q;;+2/p-2. The second kappa shape index (κ2) is 16.9. The first-order valence-corrected chi connectivity index (χ1v) is 18.0. The zero-order chi connectivity index (χ0) is 34.5. The Balaban J connectivity index is 0.000000172. The van der Waals surface area contributed by atoms with Crippen LogP contribution in [0.15, 0.2) is 170 Å².